The normalized spacial score (nSPS) is 24.7. The number of hydrogen-bond donors (Lipinski definition) is 2. The van der Waals surface area contributed by atoms with E-state index >= 15 is 0 Å². The van der Waals surface area contributed by atoms with E-state index in [2.05, 4.69) is 0 Å². The molecule has 176 valence electrons. The van der Waals surface area contributed by atoms with Crippen molar-refractivity contribution in [2.45, 2.75) is 89.6 Å². The molecule has 0 atom stereocenters. The predicted molar refractivity (Wildman–Crippen MR) is 111 cm³/mol. The van der Waals surface area contributed by atoms with Crippen molar-refractivity contribution < 1.29 is 38.7 Å². The van der Waals surface area contributed by atoms with Crippen molar-refractivity contribution >= 4 is 11.6 Å². The Morgan fingerprint density at radius 2 is 0.933 bits per heavy atom. The zero-order chi connectivity index (χ0) is 21.0. The molecule has 4 fully saturated rings. The molecule has 2 spiro atoms. The van der Waals surface area contributed by atoms with E-state index in [1.165, 1.54) is 0 Å². The molecule has 0 unspecified atom stereocenters. The lowest BCUT2D eigenvalue weighted by Crippen LogP contribution is -2.51. The van der Waals surface area contributed by atoms with Gasteiger partial charge in [0, 0.05) is 64.6 Å². The number of aliphatic hydroxyl groups excluding tert-OH is 2. The number of carbonyl (C=O) groups is 2. The van der Waals surface area contributed by atoms with Crippen LogP contribution in [-0.4, -0.2) is 73.0 Å². The molecule has 2 N–H and O–H groups in total. The van der Waals surface area contributed by atoms with E-state index < -0.39 is 0 Å². The van der Waals surface area contributed by atoms with Crippen LogP contribution in [0.5, 0.6) is 0 Å². The maximum absolute atomic E-state index is 10.5. The van der Waals surface area contributed by atoms with Crippen LogP contribution in [0, 0.1) is 0 Å². The number of carbonyl (C=O) groups excluding carboxylic acids is 2. The van der Waals surface area contributed by atoms with Gasteiger partial charge in [0.1, 0.15) is 11.6 Å². The first-order valence-electron chi connectivity index (χ1n) is 10.8. The molecule has 0 aromatic heterocycles. The molecule has 0 aromatic rings. The van der Waals surface area contributed by atoms with Gasteiger partial charge in [0.05, 0.1) is 26.4 Å². The molecule has 30 heavy (non-hydrogen) atoms. The Kier molecular flexibility index (Phi) is 12.9. The Morgan fingerprint density at radius 1 is 0.633 bits per heavy atom. The topological polar surface area (TPSA) is 112 Å². The van der Waals surface area contributed by atoms with Crippen molar-refractivity contribution in [2.24, 2.45) is 0 Å². The maximum atomic E-state index is 10.5. The van der Waals surface area contributed by atoms with Gasteiger partial charge in [-0.1, -0.05) is 7.43 Å². The van der Waals surface area contributed by atoms with E-state index in [0.29, 0.717) is 32.1 Å². The van der Waals surface area contributed by atoms with Gasteiger partial charge in [0.15, 0.2) is 11.6 Å². The van der Waals surface area contributed by atoms with E-state index in [1.807, 2.05) is 0 Å². The van der Waals surface area contributed by atoms with Crippen molar-refractivity contribution in [1.29, 1.82) is 0 Å². The third kappa shape index (κ3) is 9.08. The van der Waals surface area contributed by atoms with E-state index in [-0.39, 0.29) is 43.8 Å². The molecular formula is C22H40O8. The maximum Gasteiger partial charge on any atom is 0.168 e. The number of hydrogen-bond acceptors (Lipinski definition) is 8. The second-order valence-corrected chi connectivity index (χ2v) is 7.80. The average molecular weight is 433 g/mol. The summed E-state index contributed by atoms with van der Waals surface area (Å²) in [4.78, 5) is 20.9. The second kappa shape index (κ2) is 14.2. The van der Waals surface area contributed by atoms with E-state index in [0.717, 1.165) is 65.0 Å². The van der Waals surface area contributed by atoms with Crippen molar-refractivity contribution in [3.63, 3.8) is 0 Å². The third-order valence-electron chi connectivity index (χ3n) is 5.49. The van der Waals surface area contributed by atoms with Crippen LogP contribution in [0.15, 0.2) is 0 Å². The Labute approximate surface area is 180 Å². The summed E-state index contributed by atoms with van der Waals surface area (Å²) in [6.45, 7) is 3.50. The van der Waals surface area contributed by atoms with Gasteiger partial charge in [-0.05, 0) is 19.3 Å². The van der Waals surface area contributed by atoms with Gasteiger partial charge in [0.25, 0.3) is 0 Å². The molecule has 8 nitrogen and oxygen atoms in total. The smallest absolute Gasteiger partial charge is 0.168 e. The van der Waals surface area contributed by atoms with Crippen LogP contribution in [0.2, 0.25) is 0 Å². The Hall–Kier alpha value is -0.900. The van der Waals surface area contributed by atoms with Crippen molar-refractivity contribution in [2.75, 3.05) is 39.6 Å². The standard InChI is InChI=1S/C12H20O4.C6H8O2.C3H8O2.CH4/c1-7-13-11(14-8-1)3-5-12(6-4-11)15-9-2-10-16-12;7-5-1-2-6(8)4-3-5;4-2-1-3-5;/h1-10H2;1-4H2;4-5H,1-3H2;1H4. The minimum Gasteiger partial charge on any atom is -0.396 e. The summed E-state index contributed by atoms with van der Waals surface area (Å²) in [5.74, 6) is -0.171. The molecule has 0 bridgehead atoms. The third-order valence-corrected chi connectivity index (χ3v) is 5.49. The van der Waals surface area contributed by atoms with Gasteiger partial charge in [-0.2, -0.15) is 0 Å². The largest absolute Gasteiger partial charge is 0.396 e. The van der Waals surface area contributed by atoms with Crippen molar-refractivity contribution in [3.05, 3.63) is 0 Å². The molecular weight excluding hydrogens is 392 g/mol. The molecule has 0 amide bonds. The summed E-state index contributed by atoms with van der Waals surface area (Å²) < 4.78 is 23.2. The van der Waals surface area contributed by atoms with Gasteiger partial charge in [-0.15, -0.1) is 0 Å². The first-order chi connectivity index (χ1) is 14.0. The molecule has 2 saturated carbocycles. The molecule has 4 aliphatic rings. The molecule has 0 aromatic carbocycles. The molecule has 4 rings (SSSR count). The number of aliphatic hydroxyl groups is 2. The molecule has 2 saturated heterocycles. The minimum absolute atomic E-state index is 0. The quantitative estimate of drug-likeness (QED) is 0.685. The van der Waals surface area contributed by atoms with Crippen LogP contribution in [-0.2, 0) is 28.5 Å². The van der Waals surface area contributed by atoms with E-state index in [1.54, 1.807) is 0 Å². The monoisotopic (exact) mass is 432 g/mol. The van der Waals surface area contributed by atoms with Crippen LogP contribution in [0.3, 0.4) is 0 Å². The molecule has 2 aliphatic carbocycles. The lowest BCUT2D eigenvalue weighted by Gasteiger charge is -2.47. The zero-order valence-electron chi connectivity index (χ0n) is 17.4. The number of ether oxygens (including phenoxy) is 4. The molecule has 2 heterocycles. The van der Waals surface area contributed by atoms with Gasteiger partial charge in [-0.3, -0.25) is 9.59 Å². The fraction of sp³-hybridized carbons (Fsp3) is 0.909. The van der Waals surface area contributed by atoms with Crippen LogP contribution >= 0.6 is 0 Å². The van der Waals surface area contributed by atoms with Crippen LogP contribution in [0.1, 0.15) is 78.1 Å². The Morgan fingerprint density at radius 3 is 1.17 bits per heavy atom. The fourth-order valence-corrected chi connectivity index (χ4v) is 3.70. The lowest BCUT2D eigenvalue weighted by atomic mass is 9.88. The van der Waals surface area contributed by atoms with E-state index in [9.17, 15) is 9.59 Å². The summed E-state index contributed by atoms with van der Waals surface area (Å²) in [6.07, 6.45) is 8.05. The summed E-state index contributed by atoms with van der Waals surface area (Å²) in [5, 5.41) is 15.8. The second-order valence-electron chi connectivity index (χ2n) is 7.80. The van der Waals surface area contributed by atoms with Crippen molar-refractivity contribution in [1.82, 2.24) is 0 Å². The highest BCUT2D eigenvalue weighted by molar-refractivity contribution is 5.92. The van der Waals surface area contributed by atoms with Gasteiger partial charge in [0.2, 0.25) is 0 Å². The number of rotatable bonds is 2. The SMILES string of the molecule is C.C1COC2(CCC3(CC2)OCCCO3)OC1.O=C1CCC(=O)CC1.OCCCO. The number of ketones is 2. The average Bonchev–Trinajstić information content (AvgIpc) is 2.76. The van der Waals surface area contributed by atoms with Gasteiger partial charge < -0.3 is 29.2 Å². The highest BCUT2D eigenvalue weighted by atomic mass is 16.7. The first-order valence-corrected chi connectivity index (χ1v) is 10.8. The highest BCUT2D eigenvalue weighted by Gasteiger charge is 2.47. The highest BCUT2D eigenvalue weighted by Crippen LogP contribution is 2.43. The first kappa shape index (κ1) is 27.1. The predicted octanol–water partition coefficient (Wildman–Crippen LogP) is 2.52. The molecule has 8 heteroatoms. The molecule has 0 radical (unpaired) electrons. The molecule has 2 aliphatic heterocycles. The van der Waals surface area contributed by atoms with Crippen LogP contribution in [0.25, 0.3) is 0 Å². The van der Waals surface area contributed by atoms with E-state index in [4.69, 9.17) is 29.2 Å². The summed E-state index contributed by atoms with van der Waals surface area (Å²) in [6, 6.07) is 0. The Bertz CT molecular complexity index is 427. The van der Waals surface area contributed by atoms with Gasteiger partial charge >= 0.3 is 0 Å². The van der Waals surface area contributed by atoms with Crippen molar-refractivity contribution in [3.8, 4) is 0 Å². The number of Topliss-reactive ketones (excluding diaryl/α,β-unsaturated/α-hetero) is 2. The lowest BCUT2D eigenvalue weighted by molar-refractivity contribution is -0.339. The summed E-state index contributed by atoms with van der Waals surface area (Å²) in [7, 11) is 0. The summed E-state index contributed by atoms with van der Waals surface area (Å²) in [5.41, 5.74) is 0. The van der Waals surface area contributed by atoms with Crippen LogP contribution < -0.4 is 0 Å². The zero-order valence-corrected chi connectivity index (χ0v) is 17.4. The summed E-state index contributed by atoms with van der Waals surface area (Å²) >= 11 is 0. The van der Waals surface area contributed by atoms with Crippen LogP contribution in [0.4, 0.5) is 0 Å². The Balaban J connectivity index is 0.000000271. The van der Waals surface area contributed by atoms with Gasteiger partial charge in [-0.25, -0.2) is 0 Å². The fourth-order valence-electron chi connectivity index (χ4n) is 3.70. The minimum atomic E-state index is -0.326.